The zero-order valence-electron chi connectivity index (χ0n) is 14.4. The van der Waals surface area contributed by atoms with Gasteiger partial charge in [-0.3, -0.25) is 4.79 Å². The van der Waals surface area contributed by atoms with Crippen molar-refractivity contribution in [2.45, 2.75) is 63.6 Å². The molecule has 0 unspecified atom stereocenters. The van der Waals surface area contributed by atoms with Crippen LogP contribution in [-0.2, 0) is 4.79 Å². The van der Waals surface area contributed by atoms with E-state index in [0.29, 0.717) is 18.1 Å². The Balaban J connectivity index is 1.50. The van der Waals surface area contributed by atoms with Crippen molar-refractivity contribution >= 4 is 23.2 Å². The van der Waals surface area contributed by atoms with Gasteiger partial charge in [-0.25, -0.2) is 0 Å². The average Bonchev–Trinajstić information content (AvgIpc) is 2.57. The molecule has 3 rings (SSSR count). The van der Waals surface area contributed by atoms with Crippen LogP contribution in [-0.4, -0.2) is 37.1 Å². The van der Waals surface area contributed by atoms with E-state index in [9.17, 15) is 4.79 Å². The number of para-hydroxylation sites is 1. The van der Waals surface area contributed by atoms with Crippen LogP contribution in [0.2, 0.25) is 5.02 Å². The quantitative estimate of drug-likeness (QED) is 0.876. The van der Waals surface area contributed by atoms with Crippen molar-refractivity contribution in [2.75, 3.05) is 18.0 Å². The zero-order valence-corrected chi connectivity index (χ0v) is 15.2. The molecule has 1 aliphatic carbocycles. The fourth-order valence-corrected chi connectivity index (χ4v) is 4.32. The van der Waals surface area contributed by atoms with Crippen LogP contribution < -0.4 is 15.5 Å². The Morgan fingerprint density at radius 3 is 2.50 bits per heavy atom. The van der Waals surface area contributed by atoms with Gasteiger partial charge in [0.15, 0.2) is 0 Å². The van der Waals surface area contributed by atoms with Crippen LogP contribution in [0.25, 0.3) is 0 Å². The molecule has 1 heterocycles. The van der Waals surface area contributed by atoms with E-state index in [0.717, 1.165) is 49.5 Å². The number of hydrogen-bond acceptors (Lipinski definition) is 3. The summed E-state index contributed by atoms with van der Waals surface area (Å²) in [6, 6.07) is 9.59. The molecule has 2 aliphatic rings. The number of nitrogens with zero attached hydrogens (tertiary/aromatic N) is 1. The third kappa shape index (κ3) is 4.64. The van der Waals surface area contributed by atoms with E-state index >= 15 is 0 Å². The van der Waals surface area contributed by atoms with Crippen LogP contribution in [0.15, 0.2) is 24.3 Å². The highest BCUT2D eigenvalue weighted by molar-refractivity contribution is 6.33. The second-order valence-corrected chi connectivity index (χ2v) is 7.56. The van der Waals surface area contributed by atoms with Crippen LogP contribution in [0.4, 0.5) is 5.69 Å². The molecule has 0 aromatic heterocycles. The standard InChI is InChI=1S/C19H28ClN3O/c1-14(24)21-15-8-10-16(11-9-15)22-17-5-4-12-23(13-17)19-7-3-2-6-18(19)20/h2-3,6-7,15-17,22H,4-5,8-13H2,1H3,(H,21,24)/t15?,16?,17-/m1/s1. The molecule has 24 heavy (non-hydrogen) atoms. The zero-order chi connectivity index (χ0) is 16.9. The minimum absolute atomic E-state index is 0.0917. The van der Waals surface area contributed by atoms with E-state index in [-0.39, 0.29) is 5.91 Å². The first kappa shape index (κ1) is 17.6. The molecule has 1 saturated carbocycles. The number of carbonyl (C=O) groups is 1. The van der Waals surface area contributed by atoms with Crippen LogP contribution >= 0.6 is 11.6 Å². The number of anilines is 1. The molecule has 132 valence electrons. The second-order valence-electron chi connectivity index (χ2n) is 7.15. The Kier molecular flexibility index (Phi) is 6.01. The third-order valence-corrected chi connectivity index (χ3v) is 5.54. The van der Waals surface area contributed by atoms with E-state index in [2.05, 4.69) is 27.7 Å². The normalized spacial score (nSPS) is 27.8. The van der Waals surface area contributed by atoms with Crippen molar-refractivity contribution in [3.63, 3.8) is 0 Å². The molecule has 2 fully saturated rings. The number of carbonyl (C=O) groups excluding carboxylic acids is 1. The monoisotopic (exact) mass is 349 g/mol. The highest BCUT2D eigenvalue weighted by Crippen LogP contribution is 2.28. The molecular weight excluding hydrogens is 322 g/mol. The van der Waals surface area contributed by atoms with Gasteiger partial charge >= 0.3 is 0 Å². The Morgan fingerprint density at radius 1 is 1.08 bits per heavy atom. The molecule has 1 atom stereocenters. The van der Waals surface area contributed by atoms with Crippen molar-refractivity contribution in [2.24, 2.45) is 0 Å². The van der Waals surface area contributed by atoms with Gasteiger partial charge in [0.1, 0.15) is 0 Å². The van der Waals surface area contributed by atoms with Gasteiger partial charge in [-0.1, -0.05) is 23.7 Å². The lowest BCUT2D eigenvalue weighted by atomic mass is 9.90. The van der Waals surface area contributed by atoms with Crippen molar-refractivity contribution in [3.8, 4) is 0 Å². The summed E-state index contributed by atoms with van der Waals surface area (Å²) in [5, 5.41) is 7.75. The number of benzene rings is 1. The first-order chi connectivity index (χ1) is 11.6. The number of hydrogen-bond donors (Lipinski definition) is 2. The largest absolute Gasteiger partial charge is 0.369 e. The smallest absolute Gasteiger partial charge is 0.217 e. The Bertz CT molecular complexity index is 557. The highest BCUT2D eigenvalue weighted by Gasteiger charge is 2.26. The van der Waals surface area contributed by atoms with E-state index in [1.165, 1.54) is 12.8 Å². The van der Waals surface area contributed by atoms with E-state index in [1.807, 2.05) is 12.1 Å². The minimum atomic E-state index is 0.0917. The number of halogens is 1. The summed E-state index contributed by atoms with van der Waals surface area (Å²) in [6.07, 6.45) is 6.88. The fraction of sp³-hybridized carbons (Fsp3) is 0.632. The van der Waals surface area contributed by atoms with Crippen molar-refractivity contribution in [3.05, 3.63) is 29.3 Å². The number of amides is 1. The predicted octanol–water partition coefficient (Wildman–Crippen LogP) is 3.35. The summed E-state index contributed by atoms with van der Waals surface area (Å²) in [7, 11) is 0. The highest BCUT2D eigenvalue weighted by atomic mass is 35.5. The first-order valence-corrected chi connectivity index (χ1v) is 9.52. The Labute approximate surface area is 149 Å². The lowest BCUT2D eigenvalue weighted by Crippen LogP contribution is -2.51. The van der Waals surface area contributed by atoms with Crippen molar-refractivity contribution in [1.82, 2.24) is 10.6 Å². The summed E-state index contributed by atoms with van der Waals surface area (Å²) in [6.45, 7) is 3.71. The third-order valence-electron chi connectivity index (χ3n) is 5.22. The molecule has 5 heteroatoms. The van der Waals surface area contributed by atoms with Gasteiger partial charge in [-0.05, 0) is 50.7 Å². The van der Waals surface area contributed by atoms with Gasteiger partial charge in [-0.2, -0.15) is 0 Å². The lowest BCUT2D eigenvalue weighted by Gasteiger charge is -2.38. The molecular formula is C19H28ClN3O. The SMILES string of the molecule is CC(=O)NC1CCC(N[C@@H]2CCCN(c3ccccc3Cl)C2)CC1. The minimum Gasteiger partial charge on any atom is -0.369 e. The molecule has 0 bridgehead atoms. The van der Waals surface area contributed by atoms with E-state index in [4.69, 9.17) is 11.6 Å². The summed E-state index contributed by atoms with van der Waals surface area (Å²) >= 11 is 6.36. The van der Waals surface area contributed by atoms with E-state index < -0.39 is 0 Å². The first-order valence-electron chi connectivity index (χ1n) is 9.14. The fourth-order valence-electron chi connectivity index (χ4n) is 4.07. The van der Waals surface area contributed by atoms with Gasteiger partial charge in [0.05, 0.1) is 10.7 Å². The molecule has 1 aromatic carbocycles. The van der Waals surface area contributed by atoms with Crippen LogP contribution in [0.1, 0.15) is 45.4 Å². The summed E-state index contributed by atoms with van der Waals surface area (Å²) in [5.74, 6) is 0.0917. The second kappa shape index (κ2) is 8.21. The Morgan fingerprint density at radius 2 is 1.79 bits per heavy atom. The van der Waals surface area contributed by atoms with E-state index in [1.54, 1.807) is 6.92 Å². The van der Waals surface area contributed by atoms with Crippen molar-refractivity contribution in [1.29, 1.82) is 0 Å². The van der Waals surface area contributed by atoms with Crippen molar-refractivity contribution < 1.29 is 4.79 Å². The van der Waals surface area contributed by atoms with Crippen LogP contribution in [0.5, 0.6) is 0 Å². The molecule has 0 radical (unpaired) electrons. The molecule has 1 amide bonds. The summed E-state index contributed by atoms with van der Waals surface area (Å²) in [4.78, 5) is 13.6. The van der Waals surface area contributed by atoms with Gasteiger partial charge in [0.25, 0.3) is 0 Å². The maximum absolute atomic E-state index is 11.2. The molecule has 0 spiro atoms. The lowest BCUT2D eigenvalue weighted by molar-refractivity contribution is -0.119. The van der Waals surface area contributed by atoms with Gasteiger partial charge < -0.3 is 15.5 Å². The van der Waals surface area contributed by atoms with Gasteiger partial charge in [0.2, 0.25) is 5.91 Å². The number of rotatable bonds is 4. The Hall–Kier alpha value is -1.26. The molecule has 1 aromatic rings. The molecule has 2 N–H and O–H groups in total. The molecule has 1 aliphatic heterocycles. The summed E-state index contributed by atoms with van der Waals surface area (Å²) < 4.78 is 0. The number of piperidine rings is 1. The summed E-state index contributed by atoms with van der Waals surface area (Å²) in [5.41, 5.74) is 1.15. The van der Waals surface area contributed by atoms with Gasteiger partial charge in [0, 0.05) is 38.1 Å². The maximum Gasteiger partial charge on any atom is 0.217 e. The van der Waals surface area contributed by atoms with Crippen LogP contribution in [0, 0.1) is 0 Å². The predicted molar refractivity (Wildman–Crippen MR) is 99.7 cm³/mol. The molecule has 4 nitrogen and oxygen atoms in total. The molecule has 1 saturated heterocycles. The average molecular weight is 350 g/mol. The van der Waals surface area contributed by atoms with Crippen LogP contribution in [0.3, 0.4) is 0 Å². The maximum atomic E-state index is 11.2. The number of nitrogens with one attached hydrogen (secondary N) is 2. The van der Waals surface area contributed by atoms with Gasteiger partial charge in [-0.15, -0.1) is 0 Å². The topological polar surface area (TPSA) is 44.4 Å².